The molecule has 190 valence electrons. The SMILES string of the molecule is CC[Si](CC)(CC)O[C@H](C)[C@H]1C(=O)N[C@@H]1CC(=O)C(=N)C(=O)N(C)OCc1ccc(N=[N+]=[N-])cc1. The van der Waals surface area contributed by atoms with Crippen molar-refractivity contribution in [3.63, 3.8) is 0 Å². The molecule has 1 aliphatic rings. The molecule has 0 aromatic heterocycles. The highest BCUT2D eigenvalue weighted by Gasteiger charge is 2.47. The number of azide groups is 1. The van der Waals surface area contributed by atoms with E-state index in [4.69, 9.17) is 20.2 Å². The average Bonchev–Trinajstić information content (AvgIpc) is 2.85. The van der Waals surface area contributed by atoms with Gasteiger partial charge < -0.3 is 9.74 Å². The van der Waals surface area contributed by atoms with Crippen molar-refractivity contribution < 1.29 is 23.6 Å². The Morgan fingerprint density at radius 3 is 2.34 bits per heavy atom. The average molecular weight is 503 g/mol. The molecule has 2 amide bonds. The Morgan fingerprint density at radius 1 is 1.23 bits per heavy atom. The van der Waals surface area contributed by atoms with Crippen molar-refractivity contribution in [3.05, 3.63) is 40.3 Å². The van der Waals surface area contributed by atoms with Crippen molar-refractivity contribution in [1.82, 2.24) is 10.4 Å². The van der Waals surface area contributed by atoms with Gasteiger partial charge >= 0.3 is 0 Å². The third-order valence-corrected chi connectivity index (χ3v) is 11.4. The summed E-state index contributed by atoms with van der Waals surface area (Å²) >= 11 is 0. The van der Waals surface area contributed by atoms with Gasteiger partial charge in [-0.25, -0.2) is 5.06 Å². The zero-order chi connectivity index (χ0) is 26.2. The molecule has 1 saturated heterocycles. The molecule has 0 bridgehead atoms. The van der Waals surface area contributed by atoms with Gasteiger partial charge in [0, 0.05) is 24.1 Å². The summed E-state index contributed by atoms with van der Waals surface area (Å²) in [6, 6.07) is 8.94. The lowest BCUT2D eigenvalue weighted by atomic mass is 9.82. The molecule has 1 heterocycles. The fourth-order valence-electron chi connectivity index (χ4n) is 4.16. The molecule has 0 aliphatic carbocycles. The lowest BCUT2D eigenvalue weighted by Gasteiger charge is -2.43. The second kappa shape index (κ2) is 12.6. The molecule has 11 nitrogen and oxygen atoms in total. The molecule has 0 unspecified atom stereocenters. The molecule has 12 heteroatoms. The first kappa shape index (κ1) is 28.2. The molecule has 1 aromatic rings. The number of carbonyl (C=O) groups is 3. The molecule has 0 radical (unpaired) electrons. The van der Waals surface area contributed by atoms with Crippen molar-refractivity contribution in [3.8, 4) is 0 Å². The van der Waals surface area contributed by atoms with Gasteiger partial charge in [0.25, 0.3) is 5.91 Å². The smallest absolute Gasteiger partial charge is 0.298 e. The maximum absolute atomic E-state index is 12.6. The van der Waals surface area contributed by atoms with Crippen LogP contribution in [0.15, 0.2) is 29.4 Å². The Bertz CT molecular complexity index is 982. The van der Waals surface area contributed by atoms with Crippen LogP contribution in [0.25, 0.3) is 10.4 Å². The summed E-state index contributed by atoms with van der Waals surface area (Å²) in [6.07, 6.45) is -0.489. The van der Waals surface area contributed by atoms with Crippen molar-refractivity contribution >= 4 is 37.3 Å². The molecule has 1 aliphatic heterocycles. The number of hydrogen-bond acceptors (Lipinski definition) is 7. The molecule has 0 saturated carbocycles. The van der Waals surface area contributed by atoms with Crippen LogP contribution in [0.2, 0.25) is 18.1 Å². The Kier molecular flexibility index (Phi) is 10.1. The molecule has 1 aromatic carbocycles. The molecule has 0 spiro atoms. The number of carbonyl (C=O) groups excluding carboxylic acids is 3. The summed E-state index contributed by atoms with van der Waals surface area (Å²) < 4.78 is 6.41. The van der Waals surface area contributed by atoms with Gasteiger partial charge in [-0.15, -0.1) is 0 Å². The molecular formula is C23H34N6O5Si. The second-order valence-electron chi connectivity index (χ2n) is 8.64. The van der Waals surface area contributed by atoms with Gasteiger partial charge in [0.15, 0.2) is 19.8 Å². The first-order valence-corrected chi connectivity index (χ1v) is 14.3. The third-order valence-electron chi connectivity index (χ3n) is 6.64. The van der Waals surface area contributed by atoms with Gasteiger partial charge in [0.1, 0.15) is 6.61 Å². The van der Waals surface area contributed by atoms with Gasteiger partial charge in [0.05, 0.1) is 18.1 Å². The van der Waals surface area contributed by atoms with Crippen LogP contribution < -0.4 is 5.32 Å². The number of amides is 2. The number of β-lactam (4-membered cyclic amide) rings is 1. The number of benzene rings is 1. The van der Waals surface area contributed by atoms with E-state index >= 15 is 0 Å². The number of hydrogen-bond donors (Lipinski definition) is 2. The highest BCUT2D eigenvalue weighted by atomic mass is 28.4. The first-order valence-electron chi connectivity index (χ1n) is 11.8. The van der Waals surface area contributed by atoms with Crippen LogP contribution in [0.1, 0.15) is 39.7 Å². The van der Waals surface area contributed by atoms with Gasteiger partial charge in [-0.3, -0.25) is 24.6 Å². The molecule has 3 atom stereocenters. The molecule has 1 fully saturated rings. The van der Waals surface area contributed by atoms with E-state index in [1.54, 1.807) is 24.3 Å². The number of hydroxylamine groups is 2. The van der Waals surface area contributed by atoms with E-state index in [2.05, 4.69) is 36.1 Å². The Morgan fingerprint density at radius 2 is 1.83 bits per heavy atom. The summed E-state index contributed by atoms with van der Waals surface area (Å²) in [6.45, 7) is 8.21. The summed E-state index contributed by atoms with van der Waals surface area (Å²) in [5.41, 5.74) is 8.89. The van der Waals surface area contributed by atoms with E-state index in [-0.39, 0.29) is 25.0 Å². The predicted octanol–water partition coefficient (Wildman–Crippen LogP) is 4.02. The lowest BCUT2D eigenvalue weighted by Crippen LogP contribution is -2.64. The lowest BCUT2D eigenvalue weighted by molar-refractivity contribution is -0.175. The minimum Gasteiger partial charge on any atom is -0.413 e. The highest BCUT2D eigenvalue weighted by molar-refractivity contribution is 6.73. The van der Waals surface area contributed by atoms with Gasteiger partial charge in [0.2, 0.25) is 5.91 Å². The Hall–Kier alpha value is -3.05. The molecule has 2 rings (SSSR count). The zero-order valence-electron chi connectivity index (χ0n) is 20.9. The Balaban J connectivity index is 1.91. The van der Waals surface area contributed by atoms with Gasteiger partial charge in [-0.05, 0) is 36.2 Å². The molecule has 2 N–H and O–H groups in total. The maximum atomic E-state index is 12.6. The van der Waals surface area contributed by atoms with Crippen LogP contribution in [0.4, 0.5) is 5.69 Å². The summed E-state index contributed by atoms with van der Waals surface area (Å²) in [5.74, 6) is -2.20. The summed E-state index contributed by atoms with van der Waals surface area (Å²) in [7, 11) is -0.603. The van der Waals surface area contributed by atoms with E-state index in [0.717, 1.165) is 23.2 Å². The number of ketones is 1. The standard InChI is InChI=1S/C23H34N6O5Si/c1-6-35(7-2,8-3)34-15(4)20-18(26-22(20)31)13-19(30)21(24)23(32)29(5)33-14-16-9-11-17(12-10-16)27-28-25/h9-12,15,18,20,24H,6-8,13-14H2,1-5H3,(H,26,31)/t15-,18-,20-/m1/s1. The Labute approximate surface area is 206 Å². The van der Waals surface area contributed by atoms with E-state index in [1.807, 2.05) is 6.92 Å². The highest BCUT2D eigenvalue weighted by Crippen LogP contribution is 2.30. The fraction of sp³-hybridized carbons (Fsp3) is 0.565. The normalized spacial score (nSPS) is 18.0. The number of rotatable bonds is 14. The van der Waals surface area contributed by atoms with Crippen LogP contribution >= 0.6 is 0 Å². The van der Waals surface area contributed by atoms with Crippen LogP contribution in [0, 0.1) is 11.3 Å². The molecule has 35 heavy (non-hydrogen) atoms. The quantitative estimate of drug-likeness (QED) is 0.0574. The van der Waals surface area contributed by atoms with E-state index in [9.17, 15) is 14.4 Å². The number of nitrogens with zero attached hydrogens (tertiary/aromatic N) is 4. The van der Waals surface area contributed by atoms with Crippen LogP contribution in [0.5, 0.6) is 0 Å². The maximum Gasteiger partial charge on any atom is 0.298 e. The number of nitrogens with one attached hydrogen (secondary N) is 2. The topological polar surface area (TPSA) is 158 Å². The van der Waals surface area contributed by atoms with E-state index in [0.29, 0.717) is 11.3 Å². The summed E-state index contributed by atoms with van der Waals surface area (Å²) in [5, 5.41) is 15.1. The number of Topliss-reactive ketones (excluding diaryl/α,β-unsaturated/α-hetero) is 1. The predicted molar refractivity (Wildman–Crippen MR) is 133 cm³/mol. The fourth-order valence-corrected chi connectivity index (χ4v) is 7.10. The van der Waals surface area contributed by atoms with Crippen molar-refractivity contribution in [1.29, 1.82) is 5.41 Å². The van der Waals surface area contributed by atoms with E-state index < -0.39 is 37.7 Å². The molecular weight excluding hydrogens is 468 g/mol. The van der Waals surface area contributed by atoms with Crippen LogP contribution in [-0.4, -0.2) is 55.9 Å². The van der Waals surface area contributed by atoms with Crippen molar-refractivity contribution in [2.45, 2.75) is 71.0 Å². The van der Waals surface area contributed by atoms with Crippen LogP contribution in [-0.2, 0) is 30.3 Å². The van der Waals surface area contributed by atoms with E-state index in [1.165, 1.54) is 7.05 Å². The first-order chi connectivity index (χ1) is 16.6. The summed E-state index contributed by atoms with van der Waals surface area (Å²) in [4.78, 5) is 45.5. The van der Waals surface area contributed by atoms with Crippen molar-refractivity contribution in [2.24, 2.45) is 11.0 Å². The zero-order valence-corrected chi connectivity index (χ0v) is 21.9. The van der Waals surface area contributed by atoms with Gasteiger partial charge in [-0.1, -0.05) is 50.2 Å². The largest absolute Gasteiger partial charge is 0.413 e. The third kappa shape index (κ3) is 6.98. The monoisotopic (exact) mass is 502 g/mol. The van der Waals surface area contributed by atoms with Crippen molar-refractivity contribution in [2.75, 3.05) is 7.05 Å². The second-order valence-corrected chi connectivity index (χ2v) is 13.4. The van der Waals surface area contributed by atoms with Crippen LogP contribution in [0.3, 0.4) is 0 Å². The minimum atomic E-state index is -1.93. The minimum absolute atomic E-state index is 0.0216. The van der Waals surface area contributed by atoms with Gasteiger partial charge in [-0.2, -0.15) is 0 Å².